The molecule has 0 aliphatic carbocycles. The number of nitrogens with zero attached hydrogens (tertiary/aromatic N) is 1. The van der Waals surface area contributed by atoms with Gasteiger partial charge in [-0.1, -0.05) is 31.5 Å². The van der Waals surface area contributed by atoms with Crippen LogP contribution in [-0.2, 0) is 39.1 Å². The lowest BCUT2D eigenvalue weighted by atomic mass is 9.94. The Bertz CT molecular complexity index is 958. The molecule has 3 aliphatic heterocycles. The van der Waals surface area contributed by atoms with Crippen LogP contribution in [0.2, 0.25) is 19.1 Å². The van der Waals surface area contributed by atoms with Crippen molar-refractivity contribution in [1.82, 2.24) is 4.90 Å². The minimum absolute atomic E-state index is 0.0923. The fourth-order valence-electron chi connectivity index (χ4n) is 3.97. The summed E-state index contributed by atoms with van der Waals surface area (Å²) in [5.74, 6) is -0.582. The minimum Gasteiger partial charge on any atom is -0.427 e. The molecule has 3 rings (SSSR count). The molecule has 0 spiro atoms. The van der Waals surface area contributed by atoms with Crippen LogP contribution in [0.3, 0.4) is 0 Å². The van der Waals surface area contributed by atoms with Gasteiger partial charge in [0.05, 0.1) is 20.9 Å². The highest BCUT2D eigenvalue weighted by Crippen LogP contribution is 2.55. The Morgan fingerprint density at radius 1 is 1.31 bits per heavy atom. The van der Waals surface area contributed by atoms with Crippen molar-refractivity contribution in [2.24, 2.45) is 11.3 Å². The van der Waals surface area contributed by atoms with Gasteiger partial charge in [-0.3, -0.25) is 18.7 Å². The van der Waals surface area contributed by atoms with Gasteiger partial charge in [0.1, 0.15) is 0 Å². The van der Waals surface area contributed by atoms with Crippen molar-refractivity contribution < 1.29 is 35.2 Å². The van der Waals surface area contributed by atoms with Gasteiger partial charge in [0.25, 0.3) is 0 Å². The van der Waals surface area contributed by atoms with E-state index in [-0.39, 0.29) is 41.2 Å². The lowest BCUT2D eigenvalue weighted by Gasteiger charge is -2.42. The number of hydrogen-bond acceptors (Lipinski definition) is 9. The second kappa shape index (κ2) is 12.4. The van der Waals surface area contributed by atoms with Crippen molar-refractivity contribution in [2.45, 2.75) is 83.1 Å². The average Bonchev–Trinajstić information content (AvgIpc) is 3.44. The number of rotatable bonds is 12. The van der Waals surface area contributed by atoms with Crippen LogP contribution in [-0.4, -0.2) is 70.8 Å². The summed E-state index contributed by atoms with van der Waals surface area (Å²) in [5.41, 5.74) is -0.570. The molecule has 2 fully saturated rings. The van der Waals surface area contributed by atoms with E-state index in [9.17, 15) is 18.6 Å². The summed E-state index contributed by atoms with van der Waals surface area (Å²) in [6.45, 7) is 7.24. The molecule has 3 aliphatic rings. The lowest BCUT2D eigenvalue weighted by molar-refractivity contribution is -0.173. The highest BCUT2D eigenvalue weighted by Gasteiger charge is 2.56. The summed E-state index contributed by atoms with van der Waals surface area (Å²) in [6.07, 6.45) is 3.16. The van der Waals surface area contributed by atoms with E-state index < -0.39 is 43.3 Å². The first-order valence-electron chi connectivity index (χ1n) is 13.7. The van der Waals surface area contributed by atoms with Gasteiger partial charge < -0.3 is 13.9 Å². The Hall–Kier alpha value is -0.823. The van der Waals surface area contributed by atoms with E-state index in [0.29, 0.717) is 28.8 Å². The summed E-state index contributed by atoms with van der Waals surface area (Å²) in [7, 11) is -3.32. The molecule has 8 nitrogen and oxygen atoms in total. The van der Waals surface area contributed by atoms with Gasteiger partial charge in [-0.2, -0.15) is 0 Å². The van der Waals surface area contributed by atoms with Gasteiger partial charge in [-0.15, -0.1) is 11.8 Å². The van der Waals surface area contributed by atoms with Crippen LogP contribution in [0, 0.1) is 11.3 Å². The molecule has 0 N–H and O–H groups in total. The van der Waals surface area contributed by atoms with Crippen molar-refractivity contribution in [3.63, 3.8) is 0 Å². The number of hydrogen-bond donors (Lipinski definition) is 0. The Balaban J connectivity index is 1.65. The Morgan fingerprint density at radius 3 is 2.67 bits per heavy atom. The molecule has 2 saturated heterocycles. The van der Waals surface area contributed by atoms with Crippen LogP contribution in [0.4, 0.5) is 0 Å². The fourth-order valence-corrected chi connectivity index (χ4v) is 10.8. The maximum absolute atomic E-state index is 13.2. The zero-order chi connectivity index (χ0) is 28.1. The zero-order valence-corrected chi connectivity index (χ0v) is 25.0. The molecule has 204 valence electrons. The predicted octanol–water partition coefficient (Wildman–Crippen LogP) is 4.44. The smallest absolute Gasteiger partial charge is 0.359 e. The quantitative estimate of drug-likeness (QED) is 0.143. The van der Waals surface area contributed by atoms with Crippen LogP contribution < -0.4 is 0 Å². The zero-order valence-electron chi connectivity index (χ0n) is 23.5. The molecule has 3 heterocycles. The summed E-state index contributed by atoms with van der Waals surface area (Å²) in [5, 5.41) is -0.173. The summed E-state index contributed by atoms with van der Waals surface area (Å²) in [4.78, 5) is 39.8. The third kappa shape index (κ3) is 7.39. The number of β-lactam (4-membered cyclic amide) rings is 1. The molecule has 12 heteroatoms. The third-order valence-corrected chi connectivity index (χ3v) is 12.8. The molecule has 4 atom stereocenters. The van der Waals surface area contributed by atoms with Gasteiger partial charge in [-0.05, 0) is 52.7 Å². The van der Waals surface area contributed by atoms with Crippen LogP contribution in [0.1, 0.15) is 56.1 Å². The first-order valence-corrected chi connectivity index (χ1v) is 18.1. The van der Waals surface area contributed by atoms with E-state index >= 15 is 0 Å². The molecule has 1 amide bonds. The van der Waals surface area contributed by atoms with Crippen molar-refractivity contribution in [3.05, 3.63) is 9.93 Å². The molecule has 0 radical (unpaired) electrons. The second-order valence-electron chi connectivity index (χ2n) is 10.5. The SMILES string of the molecule is [3H]C[Si](C[3H])(CCCC)OCC[C@H]1C(=O)N2C(C(=O)OCOC(=O)C(C)(C)C)=C(S[C@H]3CC[S@@](=O)C3)S[C@H]12. The van der Waals surface area contributed by atoms with Gasteiger partial charge in [-0.25, -0.2) is 4.79 Å². The molecule has 0 aromatic heterocycles. The van der Waals surface area contributed by atoms with E-state index in [1.165, 1.54) is 28.4 Å². The predicted molar refractivity (Wildman–Crippen MR) is 147 cm³/mol. The van der Waals surface area contributed by atoms with Gasteiger partial charge in [0, 0.05) is 36.9 Å². The Labute approximate surface area is 229 Å². The summed E-state index contributed by atoms with van der Waals surface area (Å²) >= 11 is 2.91. The maximum atomic E-state index is 13.2. The first kappa shape index (κ1) is 26.8. The van der Waals surface area contributed by atoms with Crippen LogP contribution in [0.15, 0.2) is 9.93 Å². The van der Waals surface area contributed by atoms with E-state index in [1.54, 1.807) is 20.8 Å². The molecule has 0 aromatic carbocycles. The van der Waals surface area contributed by atoms with E-state index in [0.717, 1.165) is 25.3 Å². The number of carbonyl (C=O) groups is 3. The normalized spacial score (nSPS) is 26.9. The number of amides is 1. The lowest BCUT2D eigenvalue weighted by Crippen LogP contribution is -2.57. The van der Waals surface area contributed by atoms with Gasteiger partial charge in [0.15, 0.2) is 14.0 Å². The number of carbonyl (C=O) groups excluding carboxylic acids is 3. The summed E-state index contributed by atoms with van der Waals surface area (Å²) in [6, 6.07) is 0.778. The minimum atomic E-state index is -2.45. The monoisotopic (exact) mass is 581 g/mol. The largest absolute Gasteiger partial charge is 0.427 e. The van der Waals surface area contributed by atoms with Crippen molar-refractivity contribution in [2.75, 3.05) is 24.9 Å². The van der Waals surface area contributed by atoms with Crippen molar-refractivity contribution in [3.8, 4) is 0 Å². The van der Waals surface area contributed by atoms with Crippen LogP contribution in [0.25, 0.3) is 0 Å². The number of ether oxygens (including phenoxy) is 2. The maximum Gasteiger partial charge on any atom is 0.359 e. The number of fused-ring (bicyclic) bond motifs is 1. The van der Waals surface area contributed by atoms with Gasteiger partial charge >= 0.3 is 11.9 Å². The molecule has 0 bridgehead atoms. The van der Waals surface area contributed by atoms with E-state index in [4.69, 9.17) is 16.6 Å². The van der Waals surface area contributed by atoms with Gasteiger partial charge in [0.2, 0.25) is 12.7 Å². The molecular weight excluding hydrogens is 539 g/mol. The Kier molecular flexibility index (Phi) is 9.19. The van der Waals surface area contributed by atoms with E-state index in [1.807, 2.05) is 0 Å². The number of unbranched alkanes of at least 4 members (excludes halogenated alkanes) is 1. The highest BCUT2D eigenvalue weighted by atomic mass is 32.2. The number of thioether (sulfide) groups is 2. The average molecular weight is 582 g/mol. The fraction of sp³-hybridized carbons (Fsp3) is 0.792. The van der Waals surface area contributed by atoms with E-state index in [2.05, 4.69) is 6.92 Å². The van der Waals surface area contributed by atoms with Crippen molar-refractivity contribution in [1.29, 1.82) is 0 Å². The molecule has 0 unspecified atom stereocenters. The highest BCUT2D eigenvalue weighted by molar-refractivity contribution is 8.23. The molecular formula is C24H39NO7S3Si. The first-order chi connectivity index (χ1) is 18.0. The standard InChI is InChI=1S/C24H39NO7S3Si/c1-7-8-13-36(5,6)32-11-9-17-19(26)25-18(21(27)30-15-31-23(28)24(2,3)4)22(34-20(17)25)33-16-10-12-35(29)14-16/h16-17,20H,7-15H2,1-6H3/t16-,17-,20+,35+/m0/s1/i5T,6T. The van der Waals surface area contributed by atoms with Crippen LogP contribution in [0.5, 0.6) is 0 Å². The van der Waals surface area contributed by atoms with Crippen molar-refractivity contribution >= 4 is 60.5 Å². The molecule has 0 saturated carbocycles. The summed E-state index contributed by atoms with van der Waals surface area (Å²) < 4.78 is 45.0. The van der Waals surface area contributed by atoms with Crippen LogP contribution >= 0.6 is 23.5 Å². The number of esters is 2. The topological polar surface area (TPSA) is 99.2 Å². The second-order valence-corrected chi connectivity index (χ2v) is 17.9. The molecule has 36 heavy (non-hydrogen) atoms. The Morgan fingerprint density at radius 2 is 2.06 bits per heavy atom. The third-order valence-electron chi connectivity index (χ3n) is 6.14. The molecule has 0 aromatic rings.